The fraction of sp³-hybridized carbons (Fsp3) is 0.833. The minimum absolute atomic E-state index is 0.0894. The Morgan fingerprint density at radius 3 is 2.71 bits per heavy atom. The second-order valence-corrected chi connectivity index (χ2v) is 7.02. The summed E-state index contributed by atoms with van der Waals surface area (Å²) < 4.78 is 4.93. The second kappa shape index (κ2) is 8.57. The minimum Gasteiger partial charge on any atom is -0.466 e. The smallest absolute Gasteiger partial charge is 0.309 e. The monoisotopic (exact) mass is 296 g/mol. The van der Waals surface area contributed by atoms with Crippen LogP contribution < -0.4 is 0 Å². The van der Waals surface area contributed by atoms with Crippen LogP contribution >= 0.6 is 0 Å². The summed E-state index contributed by atoms with van der Waals surface area (Å²) in [5.41, 5.74) is 0.332. The second-order valence-electron chi connectivity index (χ2n) is 7.02. The first kappa shape index (κ1) is 18.2. The molecule has 0 radical (unpaired) electrons. The van der Waals surface area contributed by atoms with Crippen LogP contribution in [0.5, 0.6) is 0 Å². The zero-order chi connectivity index (χ0) is 15.9. The van der Waals surface area contributed by atoms with Crippen molar-refractivity contribution in [3.63, 3.8) is 0 Å². The van der Waals surface area contributed by atoms with Crippen LogP contribution in [0.25, 0.3) is 0 Å². The Bertz CT molecular complexity index is 359. The normalized spacial score (nSPS) is 23.2. The molecule has 1 aliphatic carbocycles. The molecule has 21 heavy (non-hydrogen) atoms. The highest BCUT2D eigenvalue weighted by atomic mass is 16.5. The van der Waals surface area contributed by atoms with Crippen LogP contribution in [0.3, 0.4) is 0 Å². The molecule has 1 aliphatic rings. The van der Waals surface area contributed by atoms with E-state index in [1.807, 2.05) is 6.08 Å². The summed E-state index contributed by atoms with van der Waals surface area (Å²) in [5.74, 6) is 1.12. The number of hydrogen-bond donors (Lipinski definition) is 1. The lowest BCUT2D eigenvalue weighted by atomic mass is 9.94. The maximum Gasteiger partial charge on any atom is 0.309 e. The van der Waals surface area contributed by atoms with E-state index in [4.69, 9.17) is 4.74 Å². The molecule has 1 N–H and O–H groups in total. The van der Waals surface area contributed by atoms with Crippen LogP contribution in [0.15, 0.2) is 11.6 Å². The van der Waals surface area contributed by atoms with Gasteiger partial charge in [0.25, 0.3) is 0 Å². The highest BCUT2D eigenvalue weighted by Crippen LogP contribution is 2.35. The van der Waals surface area contributed by atoms with Crippen molar-refractivity contribution in [1.29, 1.82) is 0 Å². The first-order chi connectivity index (χ1) is 9.84. The molecule has 0 aromatic heterocycles. The largest absolute Gasteiger partial charge is 0.466 e. The lowest BCUT2D eigenvalue weighted by molar-refractivity contribution is -0.147. The van der Waals surface area contributed by atoms with E-state index >= 15 is 0 Å². The highest BCUT2D eigenvalue weighted by Gasteiger charge is 2.33. The zero-order valence-electron chi connectivity index (χ0n) is 14.2. The molecule has 0 saturated heterocycles. The van der Waals surface area contributed by atoms with Gasteiger partial charge in [0.05, 0.1) is 18.6 Å². The fourth-order valence-corrected chi connectivity index (χ4v) is 3.09. The lowest BCUT2D eigenvalue weighted by Crippen LogP contribution is -2.27. The van der Waals surface area contributed by atoms with Gasteiger partial charge in [0, 0.05) is 0 Å². The van der Waals surface area contributed by atoms with Crippen molar-refractivity contribution in [2.75, 3.05) is 6.61 Å². The fourth-order valence-electron chi connectivity index (χ4n) is 3.09. The lowest BCUT2D eigenvalue weighted by Gasteiger charge is -2.18. The van der Waals surface area contributed by atoms with E-state index in [1.165, 1.54) is 24.8 Å². The molecule has 0 aliphatic heterocycles. The molecule has 0 fully saturated rings. The Labute approximate surface area is 129 Å². The third-order valence-corrected chi connectivity index (χ3v) is 4.20. The van der Waals surface area contributed by atoms with Gasteiger partial charge in [-0.2, -0.15) is 0 Å². The minimum atomic E-state index is -0.973. The first-order valence-electron chi connectivity index (χ1n) is 8.43. The average Bonchev–Trinajstić information content (AvgIpc) is 2.69. The molecular formula is C18H32O3. The van der Waals surface area contributed by atoms with Crippen molar-refractivity contribution < 1.29 is 14.6 Å². The Kier molecular flexibility index (Phi) is 7.44. The molecule has 3 heteroatoms. The van der Waals surface area contributed by atoms with Crippen LogP contribution in [-0.2, 0) is 9.53 Å². The van der Waals surface area contributed by atoms with Crippen molar-refractivity contribution in [2.24, 2.45) is 11.8 Å². The highest BCUT2D eigenvalue weighted by molar-refractivity contribution is 5.71. The Hall–Kier alpha value is -0.830. The molecule has 2 atom stereocenters. The van der Waals surface area contributed by atoms with E-state index in [1.54, 1.807) is 6.92 Å². The number of carbonyl (C=O) groups excluding carboxylic acids is 1. The average molecular weight is 296 g/mol. The molecule has 0 spiro atoms. The molecule has 3 nitrogen and oxygen atoms in total. The van der Waals surface area contributed by atoms with E-state index in [9.17, 15) is 9.90 Å². The van der Waals surface area contributed by atoms with Gasteiger partial charge in [-0.25, -0.2) is 0 Å². The van der Waals surface area contributed by atoms with Gasteiger partial charge in [-0.15, -0.1) is 0 Å². The predicted octanol–water partition coefficient (Wildman–Crippen LogP) is 4.24. The third-order valence-electron chi connectivity index (χ3n) is 4.20. The van der Waals surface area contributed by atoms with Crippen LogP contribution in [-0.4, -0.2) is 23.3 Å². The number of allylic oxidation sites excluding steroid dienone is 1. The summed E-state index contributed by atoms with van der Waals surface area (Å²) in [5, 5.41) is 10.4. The quantitative estimate of drug-likeness (QED) is 0.511. The summed E-state index contributed by atoms with van der Waals surface area (Å²) in [7, 11) is 0. The Morgan fingerprint density at radius 1 is 1.38 bits per heavy atom. The number of rotatable bonds is 9. The van der Waals surface area contributed by atoms with E-state index in [0.29, 0.717) is 18.9 Å². The van der Waals surface area contributed by atoms with Gasteiger partial charge < -0.3 is 9.84 Å². The molecule has 0 aromatic rings. The van der Waals surface area contributed by atoms with Crippen LogP contribution in [0.4, 0.5) is 0 Å². The zero-order valence-corrected chi connectivity index (χ0v) is 14.2. The van der Waals surface area contributed by atoms with Crippen molar-refractivity contribution in [3.05, 3.63) is 11.6 Å². The molecule has 0 amide bonds. The predicted molar refractivity (Wildman–Crippen MR) is 86.0 cm³/mol. The molecule has 0 aromatic carbocycles. The van der Waals surface area contributed by atoms with Gasteiger partial charge in [-0.3, -0.25) is 4.79 Å². The van der Waals surface area contributed by atoms with Gasteiger partial charge in [-0.05, 0) is 38.0 Å². The van der Waals surface area contributed by atoms with Crippen LogP contribution in [0.2, 0.25) is 0 Å². The topological polar surface area (TPSA) is 46.5 Å². The van der Waals surface area contributed by atoms with Crippen molar-refractivity contribution in [3.8, 4) is 0 Å². The number of aliphatic hydroxyl groups is 1. The number of esters is 1. The number of hydrogen-bond acceptors (Lipinski definition) is 3. The van der Waals surface area contributed by atoms with Gasteiger partial charge >= 0.3 is 5.97 Å². The molecular weight excluding hydrogens is 264 g/mol. The summed E-state index contributed by atoms with van der Waals surface area (Å²) >= 11 is 0. The Morgan fingerprint density at radius 2 is 2.10 bits per heavy atom. The van der Waals surface area contributed by atoms with Gasteiger partial charge in [0.15, 0.2) is 0 Å². The molecule has 0 saturated carbocycles. The number of ether oxygens (including phenoxy) is 1. The van der Waals surface area contributed by atoms with Crippen LogP contribution in [0, 0.1) is 11.8 Å². The molecule has 1 rings (SSSR count). The summed E-state index contributed by atoms with van der Waals surface area (Å²) in [6.45, 7) is 8.97. The standard InChI is InChI=1S/C18H32O3/c1-5-21-17(19)13-18(20)10-9-16(12-18)11-15(4)8-6-7-14(2)3/h12,14-15,20H,5-11,13H2,1-4H3. The van der Waals surface area contributed by atoms with E-state index < -0.39 is 5.60 Å². The first-order valence-corrected chi connectivity index (χ1v) is 8.43. The molecule has 122 valence electrons. The number of carbonyl (C=O) groups is 1. The van der Waals surface area contributed by atoms with Gasteiger partial charge in [0.2, 0.25) is 0 Å². The van der Waals surface area contributed by atoms with Crippen LogP contribution in [0.1, 0.15) is 72.6 Å². The molecule has 2 unspecified atom stereocenters. The summed E-state index contributed by atoms with van der Waals surface area (Å²) in [6, 6.07) is 0. The van der Waals surface area contributed by atoms with Gasteiger partial charge in [-0.1, -0.05) is 51.7 Å². The Balaban J connectivity index is 2.39. The SMILES string of the molecule is CCOC(=O)CC1(O)C=C(CC(C)CCCC(C)C)CC1. The van der Waals surface area contributed by atoms with Crippen molar-refractivity contribution in [1.82, 2.24) is 0 Å². The summed E-state index contributed by atoms with van der Waals surface area (Å²) in [6.07, 6.45) is 8.42. The van der Waals surface area contributed by atoms with Crippen molar-refractivity contribution in [2.45, 2.75) is 78.2 Å². The third kappa shape index (κ3) is 7.12. The maximum atomic E-state index is 11.5. The van der Waals surface area contributed by atoms with E-state index in [2.05, 4.69) is 20.8 Å². The molecule has 0 heterocycles. The molecule has 0 bridgehead atoms. The summed E-state index contributed by atoms with van der Waals surface area (Å²) in [4.78, 5) is 11.5. The maximum absolute atomic E-state index is 11.5. The van der Waals surface area contributed by atoms with E-state index in [-0.39, 0.29) is 12.4 Å². The van der Waals surface area contributed by atoms with E-state index in [0.717, 1.165) is 18.8 Å². The van der Waals surface area contributed by atoms with Crippen molar-refractivity contribution >= 4 is 5.97 Å². The van der Waals surface area contributed by atoms with Gasteiger partial charge in [0.1, 0.15) is 0 Å².